The maximum absolute atomic E-state index is 12.6. The molecule has 0 aromatic heterocycles. The van der Waals surface area contributed by atoms with Crippen LogP contribution in [0.15, 0.2) is 53.5 Å². The van der Waals surface area contributed by atoms with Gasteiger partial charge in [0.1, 0.15) is 0 Å². The number of hydrogen-bond donors (Lipinski definition) is 1. The second-order valence-electron chi connectivity index (χ2n) is 12.2. The van der Waals surface area contributed by atoms with Crippen molar-refractivity contribution in [2.45, 2.75) is 66.8 Å². The first-order valence-electron chi connectivity index (χ1n) is 15.8. The molecular formula is C35H44ClIN3O5-. The second kappa shape index (κ2) is 15.9. The molecule has 2 aromatic rings. The number of aryl methyl sites for hydroxylation is 1. The third-order valence-electron chi connectivity index (χ3n) is 9.20. The van der Waals surface area contributed by atoms with Crippen molar-refractivity contribution in [2.75, 3.05) is 43.6 Å². The number of fused-ring (bicyclic) bond motifs is 3. The van der Waals surface area contributed by atoms with E-state index in [1.54, 1.807) is 6.07 Å². The monoisotopic (exact) mass is 748 g/mol. The summed E-state index contributed by atoms with van der Waals surface area (Å²) in [4.78, 5) is 27.8. The molecule has 8 nitrogen and oxygen atoms in total. The molecule has 1 saturated carbocycles. The van der Waals surface area contributed by atoms with Gasteiger partial charge in [-0.3, -0.25) is 0 Å². The fourth-order valence-electron chi connectivity index (χ4n) is 6.66. The zero-order valence-electron chi connectivity index (χ0n) is 26.2. The Balaban J connectivity index is 1.31. The van der Waals surface area contributed by atoms with Gasteiger partial charge in [-0.1, -0.05) is 0 Å². The van der Waals surface area contributed by atoms with Gasteiger partial charge >= 0.3 is 272 Å². The Morgan fingerprint density at radius 2 is 2.11 bits per heavy atom. The van der Waals surface area contributed by atoms with Crippen molar-refractivity contribution in [3.63, 3.8) is 0 Å². The molecule has 1 spiro atoms. The van der Waals surface area contributed by atoms with E-state index in [0.717, 1.165) is 68.0 Å². The number of benzene rings is 2. The maximum atomic E-state index is 12.6. The van der Waals surface area contributed by atoms with Gasteiger partial charge in [-0.15, -0.1) is 0 Å². The van der Waals surface area contributed by atoms with Crippen LogP contribution in [0.3, 0.4) is 0 Å². The number of nitrogens with zero attached hydrogens (tertiary/aromatic N) is 2. The Bertz CT molecular complexity index is 1400. The average Bonchev–Trinajstić information content (AvgIpc) is 3.18. The molecule has 2 amide bonds. The Morgan fingerprint density at radius 3 is 2.87 bits per heavy atom. The minimum absolute atomic E-state index is 0.0666. The first-order chi connectivity index (χ1) is 21.9. The number of hydrogen-bond acceptors (Lipinski definition) is 6. The van der Waals surface area contributed by atoms with Crippen molar-refractivity contribution in [1.82, 2.24) is 5.32 Å². The molecule has 1 aliphatic heterocycles. The molecule has 0 bridgehead atoms. The van der Waals surface area contributed by atoms with Gasteiger partial charge in [-0.25, -0.2) is 0 Å². The van der Waals surface area contributed by atoms with Gasteiger partial charge in [0.2, 0.25) is 0 Å². The van der Waals surface area contributed by atoms with E-state index in [2.05, 4.69) is 44.4 Å². The standard InChI is InChI=1S/C35H44ClIN3O5/c1-38-34(42)25-11-16-32-30(20-25)40(22-35(23-45-32)17-8-9-24-19-26(36)12-14-28(24)35)37-29-15-13-27(29)31(44-3)10-6-4-5-7-18-39-33(41)21-43-2/h6,10-12,14,16,19-20,27,29,31H,1,4-5,7-9,13,15,17-18,21-23H2,2-3H3,(H,39,41)/q-1/b10-6+/t27-,29-,31+,35+/m1/s1. The van der Waals surface area contributed by atoms with Crippen molar-refractivity contribution in [3.8, 4) is 5.75 Å². The predicted molar refractivity (Wildman–Crippen MR) is 174 cm³/mol. The predicted octanol–water partition coefficient (Wildman–Crippen LogP) is 2.94. The molecular weight excluding hydrogens is 705 g/mol. The number of rotatable bonds is 13. The number of halogens is 2. The molecule has 0 unspecified atom stereocenters. The summed E-state index contributed by atoms with van der Waals surface area (Å²) in [5.41, 5.74) is 4.03. The fourth-order valence-corrected chi connectivity index (χ4v) is 11.1. The third-order valence-corrected chi connectivity index (χ3v) is 13.2. The van der Waals surface area contributed by atoms with E-state index in [1.165, 1.54) is 24.7 Å². The number of nitrogens with one attached hydrogen (secondary N) is 1. The summed E-state index contributed by atoms with van der Waals surface area (Å²) in [6, 6.07) is 12.0. The molecule has 0 radical (unpaired) electrons. The van der Waals surface area contributed by atoms with Crippen molar-refractivity contribution in [1.29, 1.82) is 0 Å². The van der Waals surface area contributed by atoms with Crippen LogP contribution in [0.2, 0.25) is 5.02 Å². The van der Waals surface area contributed by atoms with Crippen molar-refractivity contribution in [2.24, 2.45) is 10.9 Å². The molecule has 3 aliphatic rings. The molecule has 1 fully saturated rings. The number of ether oxygens (including phenoxy) is 3. The Kier molecular flexibility index (Phi) is 12.0. The van der Waals surface area contributed by atoms with Crippen LogP contribution >= 0.6 is 11.6 Å². The van der Waals surface area contributed by atoms with Crippen LogP contribution in [0.1, 0.15) is 66.4 Å². The number of alkyl halides is 1. The topological polar surface area (TPSA) is 89.5 Å². The first kappa shape index (κ1) is 33.9. The molecule has 5 rings (SSSR count). The summed E-state index contributed by atoms with van der Waals surface area (Å²) in [7, 11) is 3.33. The summed E-state index contributed by atoms with van der Waals surface area (Å²) in [6.45, 7) is 5.67. The number of methoxy groups -OCH3 is 2. The zero-order valence-corrected chi connectivity index (χ0v) is 29.1. The van der Waals surface area contributed by atoms with Crippen LogP contribution in [0, 0.1) is 5.92 Å². The van der Waals surface area contributed by atoms with E-state index in [4.69, 9.17) is 25.8 Å². The number of carbonyl (C=O) groups excluding carboxylic acids is 2. The summed E-state index contributed by atoms with van der Waals surface area (Å²) < 4.78 is 20.6. The number of aliphatic imine (C=N–C) groups is 1. The summed E-state index contributed by atoms with van der Waals surface area (Å²) in [5.74, 6) is 0.878. The fraction of sp³-hybridized carbons (Fsp3) is 0.514. The number of amides is 2. The van der Waals surface area contributed by atoms with E-state index in [9.17, 15) is 9.59 Å². The van der Waals surface area contributed by atoms with E-state index in [0.29, 0.717) is 28.6 Å². The van der Waals surface area contributed by atoms with Crippen molar-refractivity contribution >= 4 is 35.8 Å². The molecule has 0 saturated heterocycles. The van der Waals surface area contributed by atoms with Gasteiger partial charge in [-0.05, 0) is 0 Å². The van der Waals surface area contributed by atoms with Gasteiger partial charge in [0, 0.05) is 7.11 Å². The quantitative estimate of drug-likeness (QED) is 0.0848. The summed E-state index contributed by atoms with van der Waals surface area (Å²) in [5, 5.41) is 3.65. The molecule has 4 atom stereocenters. The van der Waals surface area contributed by atoms with E-state index in [1.807, 2.05) is 25.3 Å². The summed E-state index contributed by atoms with van der Waals surface area (Å²) in [6.07, 6.45) is 12.9. The normalized spacial score (nSPS) is 23.0. The molecule has 2 aromatic carbocycles. The number of anilines is 1. The first-order valence-corrected chi connectivity index (χ1v) is 18.4. The zero-order chi connectivity index (χ0) is 31.8. The molecule has 244 valence electrons. The van der Waals surface area contributed by atoms with Gasteiger partial charge in [0.05, 0.1) is 0 Å². The van der Waals surface area contributed by atoms with Crippen LogP contribution in [0.4, 0.5) is 5.69 Å². The van der Waals surface area contributed by atoms with Crippen LogP contribution in [0.25, 0.3) is 0 Å². The Labute approximate surface area is 282 Å². The summed E-state index contributed by atoms with van der Waals surface area (Å²) >= 11 is 5.95. The van der Waals surface area contributed by atoms with Crippen LogP contribution in [-0.2, 0) is 26.1 Å². The SMILES string of the molecule is C=NC(=O)c1ccc2c(c1)N([I-][C@@H]1CC[C@H]1[C@H](/C=C/CCCCNC(=O)COC)OC)C[C@@]1(CCCc3cc(Cl)ccc31)CO2. The Morgan fingerprint density at radius 1 is 1.24 bits per heavy atom. The third kappa shape index (κ3) is 8.10. The number of unbranched alkanes of at least 4 members (excludes halogenated alkanes) is 2. The molecule has 1 N–H and O–H groups in total. The van der Waals surface area contributed by atoms with E-state index < -0.39 is 21.5 Å². The van der Waals surface area contributed by atoms with Crippen molar-refractivity contribution in [3.05, 3.63) is 70.3 Å². The molecule has 1 heterocycles. The van der Waals surface area contributed by atoms with E-state index in [-0.39, 0.29) is 29.9 Å². The van der Waals surface area contributed by atoms with Crippen LogP contribution < -0.4 is 34.6 Å². The van der Waals surface area contributed by atoms with Crippen LogP contribution in [0.5, 0.6) is 5.75 Å². The second-order valence-corrected chi connectivity index (χ2v) is 15.9. The minimum atomic E-state index is -0.478. The molecule has 45 heavy (non-hydrogen) atoms. The van der Waals surface area contributed by atoms with Gasteiger partial charge in [0.25, 0.3) is 0 Å². The molecule has 2 aliphatic carbocycles. The number of allylic oxidation sites excluding steroid dienone is 1. The van der Waals surface area contributed by atoms with Gasteiger partial charge in [0.15, 0.2) is 0 Å². The Hall–Kier alpha value is -2.47. The van der Waals surface area contributed by atoms with E-state index >= 15 is 0 Å². The van der Waals surface area contributed by atoms with Gasteiger partial charge in [-0.2, -0.15) is 0 Å². The average molecular weight is 749 g/mol. The molecule has 10 heteroatoms. The van der Waals surface area contributed by atoms with Gasteiger partial charge < -0.3 is 4.74 Å². The van der Waals surface area contributed by atoms with Crippen molar-refractivity contribution < 1.29 is 45.3 Å². The number of carbonyl (C=O) groups is 2. The van der Waals surface area contributed by atoms with Crippen LogP contribution in [-0.4, -0.2) is 69.1 Å².